The molecule has 2 aromatic rings. The molecule has 0 aliphatic heterocycles. The molecule has 1 atom stereocenters. The van der Waals surface area contributed by atoms with E-state index in [9.17, 15) is 4.79 Å². The molecule has 2 aromatic carbocycles. The topological polar surface area (TPSA) is 38.3 Å². The van der Waals surface area contributed by atoms with E-state index in [4.69, 9.17) is 4.74 Å². The third kappa shape index (κ3) is 5.03. The summed E-state index contributed by atoms with van der Waals surface area (Å²) in [7, 11) is 0. The number of thioether (sulfide) groups is 1. The van der Waals surface area contributed by atoms with E-state index in [1.54, 1.807) is 11.8 Å². The van der Waals surface area contributed by atoms with E-state index in [0.29, 0.717) is 6.42 Å². The quantitative estimate of drug-likeness (QED) is 0.772. The van der Waals surface area contributed by atoms with Gasteiger partial charge < -0.3 is 10.1 Å². The van der Waals surface area contributed by atoms with E-state index in [2.05, 4.69) is 11.4 Å². The van der Waals surface area contributed by atoms with Crippen molar-refractivity contribution in [1.82, 2.24) is 0 Å². The summed E-state index contributed by atoms with van der Waals surface area (Å²) in [6.07, 6.45) is 2.12. The van der Waals surface area contributed by atoms with Crippen molar-refractivity contribution in [3.8, 4) is 5.75 Å². The smallest absolute Gasteiger partial charge is 0.265 e. The minimum Gasteiger partial charge on any atom is -0.481 e. The van der Waals surface area contributed by atoms with Crippen LogP contribution in [0.3, 0.4) is 0 Å². The first-order valence-corrected chi connectivity index (χ1v) is 8.94. The SMILES string of the molecule is CCC(Oc1cc(C)cc(C)c1)C(=O)Nc1cccc(SC)c1. The molecular weight excluding hydrogens is 306 g/mol. The van der Waals surface area contributed by atoms with Crippen molar-refractivity contribution < 1.29 is 9.53 Å². The molecule has 2 rings (SSSR count). The highest BCUT2D eigenvalue weighted by molar-refractivity contribution is 7.98. The fourth-order valence-electron chi connectivity index (χ4n) is 2.41. The third-order valence-corrected chi connectivity index (χ3v) is 4.20. The molecule has 0 aliphatic rings. The van der Waals surface area contributed by atoms with E-state index in [1.807, 2.05) is 63.4 Å². The van der Waals surface area contributed by atoms with Gasteiger partial charge in [0, 0.05) is 10.6 Å². The molecule has 0 saturated heterocycles. The summed E-state index contributed by atoms with van der Waals surface area (Å²) in [4.78, 5) is 13.6. The highest BCUT2D eigenvalue weighted by atomic mass is 32.2. The molecule has 1 amide bonds. The van der Waals surface area contributed by atoms with Crippen molar-refractivity contribution in [2.45, 2.75) is 38.2 Å². The highest BCUT2D eigenvalue weighted by Crippen LogP contribution is 2.21. The number of rotatable bonds is 6. The Kier molecular flexibility index (Phi) is 6.11. The van der Waals surface area contributed by atoms with Crippen LogP contribution in [-0.4, -0.2) is 18.3 Å². The Morgan fingerprint density at radius 1 is 1.17 bits per heavy atom. The number of aryl methyl sites for hydroxylation is 2. The van der Waals surface area contributed by atoms with Crippen LogP contribution in [0.2, 0.25) is 0 Å². The van der Waals surface area contributed by atoms with Crippen molar-refractivity contribution in [3.05, 3.63) is 53.6 Å². The zero-order chi connectivity index (χ0) is 16.8. The van der Waals surface area contributed by atoms with Crippen molar-refractivity contribution in [2.75, 3.05) is 11.6 Å². The Morgan fingerprint density at radius 2 is 1.87 bits per heavy atom. The van der Waals surface area contributed by atoms with E-state index in [1.165, 1.54) is 0 Å². The predicted octanol–water partition coefficient (Wildman–Crippen LogP) is 4.82. The molecule has 0 spiro atoms. The van der Waals surface area contributed by atoms with Gasteiger partial charge >= 0.3 is 0 Å². The average molecular weight is 329 g/mol. The number of amides is 1. The second-order valence-corrected chi connectivity index (χ2v) is 6.44. The van der Waals surface area contributed by atoms with Gasteiger partial charge in [-0.25, -0.2) is 0 Å². The number of carbonyl (C=O) groups excluding carboxylic acids is 1. The Bertz CT molecular complexity index is 665. The third-order valence-electron chi connectivity index (χ3n) is 3.47. The van der Waals surface area contributed by atoms with Gasteiger partial charge in [0.25, 0.3) is 5.91 Å². The number of nitrogens with one attached hydrogen (secondary N) is 1. The van der Waals surface area contributed by atoms with E-state index >= 15 is 0 Å². The van der Waals surface area contributed by atoms with Gasteiger partial charge in [-0.3, -0.25) is 4.79 Å². The number of ether oxygens (including phenoxy) is 1. The van der Waals surface area contributed by atoms with Crippen LogP contribution in [0.5, 0.6) is 5.75 Å². The van der Waals surface area contributed by atoms with Gasteiger partial charge in [0.2, 0.25) is 0 Å². The maximum absolute atomic E-state index is 12.5. The Labute approximate surface area is 142 Å². The number of benzene rings is 2. The zero-order valence-corrected chi connectivity index (χ0v) is 14.9. The van der Waals surface area contributed by atoms with Crippen LogP contribution < -0.4 is 10.1 Å². The second-order valence-electron chi connectivity index (χ2n) is 5.56. The summed E-state index contributed by atoms with van der Waals surface area (Å²) in [5.41, 5.74) is 3.05. The fraction of sp³-hybridized carbons (Fsp3) is 0.316. The highest BCUT2D eigenvalue weighted by Gasteiger charge is 2.19. The molecule has 4 heteroatoms. The van der Waals surface area contributed by atoms with Crippen LogP contribution in [0.15, 0.2) is 47.4 Å². The summed E-state index contributed by atoms with van der Waals surface area (Å²) in [6.45, 7) is 5.99. The summed E-state index contributed by atoms with van der Waals surface area (Å²) >= 11 is 1.65. The molecule has 0 aliphatic carbocycles. The first kappa shape index (κ1) is 17.4. The summed E-state index contributed by atoms with van der Waals surface area (Å²) in [5.74, 6) is 0.618. The molecule has 0 aromatic heterocycles. The zero-order valence-electron chi connectivity index (χ0n) is 14.1. The van der Waals surface area contributed by atoms with Crippen LogP contribution in [0, 0.1) is 13.8 Å². The first-order valence-electron chi connectivity index (χ1n) is 7.71. The predicted molar refractivity (Wildman–Crippen MR) is 97.5 cm³/mol. The van der Waals surface area contributed by atoms with Crippen molar-refractivity contribution in [2.24, 2.45) is 0 Å². The number of anilines is 1. The molecule has 0 fully saturated rings. The van der Waals surface area contributed by atoms with Crippen molar-refractivity contribution >= 4 is 23.4 Å². The molecular formula is C19H23NO2S. The average Bonchev–Trinajstić information content (AvgIpc) is 2.51. The Morgan fingerprint density at radius 3 is 2.48 bits per heavy atom. The van der Waals surface area contributed by atoms with Crippen LogP contribution in [0.4, 0.5) is 5.69 Å². The van der Waals surface area contributed by atoms with Gasteiger partial charge in [0.05, 0.1) is 0 Å². The van der Waals surface area contributed by atoms with Crippen LogP contribution in [0.1, 0.15) is 24.5 Å². The molecule has 23 heavy (non-hydrogen) atoms. The second kappa shape index (κ2) is 8.06. The molecule has 0 radical (unpaired) electrons. The Hall–Kier alpha value is -1.94. The van der Waals surface area contributed by atoms with Crippen LogP contribution >= 0.6 is 11.8 Å². The molecule has 0 saturated carbocycles. The van der Waals surface area contributed by atoms with E-state index in [-0.39, 0.29) is 5.91 Å². The molecule has 122 valence electrons. The first-order chi connectivity index (χ1) is 11.0. The normalized spacial score (nSPS) is 11.8. The van der Waals surface area contributed by atoms with Gasteiger partial charge in [0.1, 0.15) is 5.75 Å². The Balaban J connectivity index is 2.08. The van der Waals surface area contributed by atoms with Crippen LogP contribution in [-0.2, 0) is 4.79 Å². The monoisotopic (exact) mass is 329 g/mol. The largest absolute Gasteiger partial charge is 0.481 e. The summed E-state index contributed by atoms with van der Waals surface area (Å²) in [5, 5.41) is 2.94. The molecule has 0 bridgehead atoms. The summed E-state index contributed by atoms with van der Waals surface area (Å²) in [6, 6.07) is 13.8. The maximum atomic E-state index is 12.5. The minimum atomic E-state index is -0.505. The lowest BCUT2D eigenvalue weighted by Gasteiger charge is -2.18. The lowest BCUT2D eigenvalue weighted by Crippen LogP contribution is -2.32. The number of carbonyl (C=O) groups is 1. The molecule has 3 nitrogen and oxygen atoms in total. The summed E-state index contributed by atoms with van der Waals surface area (Å²) < 4.78 is 5.90. The maximum Gasteiger partial charge on any atom is 0.265 e. The van der Waals surface area contributed by atoms with Gasteiger partial charge in [-0.05, 0) is 68.0 Å². The van der Waals surface area contributed by atoms with Crippen LogP contribution in [0.25, 0.3) is 0 Å². The molecule has 1 N–H and O–H groups in total. The van der Waals surface area contributed by atoms with Gasteiger partial charge in [-0.15, -0.1) is 11.8 Å². The van der Waals surface area contributed by atoms with Gasteiger partial charge in [0.15, 0.2) is 6.10 Å². The van der Waals surface area contributed by atoms with Gasteiger partial charge in [-0.1, -0.05) is 19.1 Å². The lowest BCUT2D eigenvalue weighted by atomic mass is 10.1. The molecule has 0 heterocycles. The van der Waals surface area contributed by atoms with Crippen molar-refractivity contribution in [3.63, 3.8) is 0 Å². The number of hydrogen-bond acceptors (Lipinski definition) is 3. The number of hydrogen-bond donors (Lipinski definition) is 1. The van der Waals surface area contributed by atoms with Gasteiger partial charge in [-0.2, -0.15) is 0 Å². The van der Waals surface area contributed by atoms with Crippen molar-refractivity contribution in [1.29, 1.82) is 0 Å². The fourth-order valence-corrected chi connectivity index (χ4v) is 2.87. The van der Waals surface area contributed by atoms with E-state index in [0.717, 1.165) is 27.5 Å². The minimum absolute atomic E-state index is 0.120. The molecule has 1 unspecified atom stereocenters. The standard InChI is InChI=1S/C19H23NO2S/c1-5-18(22-16-10-13(2)9-14(3)11-16)19(21)20-15-7-6-8-17(12-15)23-4/h6-12,18H,5H2,1-4H3,(H,20,21). The van der Waals surface area contributed by atoms with E-state index < -0.39 is 6.10 Å². The lowest BCUT2D eigenvalue weighted by molar-refractivity contribution is -0.122.